The molecule has 3 N–H and O–H groups in total. The average Bonchev–Trinajstić information content (AvgIpc) is 3.18. The first kappa shape index (κ1) is 54.0. The Morgan fingerprint density at radius 2 is 0.964 bits per heavy atom. The number of esters is 1. The van der Waals surface area contributed by atoms with Crippen LogP contribution in [0.3, 0.4) is 0 Å². The van der Waals surface area contributed by atoms with Gasteiger partial charge in [0.25, 0.3) is 0 Å². The lowest BCUT2D eigenvalue weighted by atomic mass is 10.0. The van der Waals surface area contributed by atoms with Gasteiger partial charge in [0.1, 0.15) is 12.7 Å². The van der Waals surface area contributed by atoms with Crippen LogP contribution < -0.4 is 5.32 Å². The fourth-order valence-electron chi connectivity index (χ4n) is 6.03. The van der Waals surface area contributed by atoms with Crippen LogP contribution in [-0.4, -0.2) is 54.3 Å². The number of carbonyl (C=O) groups excluding carboxylic acids is 2. The Hall–Kier alpha value is -2.03. The molecule has 0 aliphatic heterocycles. The van der Waals surface area contributed by atoms with E-state index in [9.17, 15) is 24.2 Å². The zero-order chi connectivity index (χ0) is 41.1. The number of phosphoric ester groups is 1. The topological polar surface area (TPSA) is 131 Å². The normalized spacial score (nSPS) is 13.7. The van der Waals surface area contributed by atoms with E-state index in [-0.39, 0.29) is 32.1 Å². The first-order chi connectivity index (χ1) is 27.3. The Kier molecular flexibility index (Phi) is 41.0. The highest BCUT2D eigenvalue weighted by molar-refractivity contribution is 7.47. The van der Waals surface area contributed by atoms with E-state index in [1.54, 1.807) is 0 Å². The maximum Gasteiger partial charge on any atom is 0.472 e. The van der Waals surface area contributed by atoms with Crippen LogP contribution in [0.1, 0.15) is 200 Å². The highest BCUT2D eigenvalue weighted by Crippen LogP contribution is 2.42. The van der Waals surface area contributed by atoms with Crippen LogP contribution in [0.5, 0.6) is 0 Å². The van der Waals surface area contributed by atoms with Crippen molar-refractivity contribution < 1.29 is 37.9 Å². The molecule has 0 saturated carbocycles. The molecule has 0 aliphatic rings. The number of nitrogens with one attached hydrogen (secondary N) is 1. The summed E-state index contributed by atoms with van der Waals surface area (Å²) in [6.45, 7) is 3.49. The summed E-state index contributed by atoms with van der Waals surface area (Å²) in [5.41, 5.74) is 0. The molecule has 9 nitrogen and oxygen atoms in total. The van der Waals surface area contributed by atoms with E-state index in [0.717, 1.165) is 70.6 Å². The number of amides is 1. The summed E-state index contributed by atoms with van der Waals surface area (Å²) in [6, 6.07) is 0. The molecule has 0 spiro atoms. The van der Waals surface area contributed by atoms with E-state index >= 15 is 0 Å². The van der Waals surface area contributed by atoms with Crippen molar-refractivity contribution in [1.29, 1.82) is 0 Å². The summed E-state index contributed by atoms with van der Waals surface area (Å²) < 4.78 is 26.9. The Labute approximate surface area is 343 Å². The molecule has 0 rings (SSSR count). The lowest BCUT2D eigenvalue weighted by molar-refractivity contribution is -0.147. The number of hydrogen-bond donors (Lipinski definition) is 3. The van der Waals surface area contributed by atoms with Crippen molar-refractivity contribution in [3.63, 3.8) is 0 Å². The minimum Gasteiger partial charge on any atom is -0.463 e. The number of unbranched alkanes of at least 4 members (excludes halogenated alkanes) is 21. The smallest absolute Gasteiger partial charge is 0.463 e. The van der Waals surface area contributed by atoms with Crippen LogP contribution in [0.15, 0.2) is 48.6 Å². The minimum atomic E-state index is -4.42. The quantitative estimate of drug-likeness (QED) is 0.0240. The second-order valence-corrected chi connectivity index (χ2v) is 16.5. The van der Waals surface area contributed by atoms with Gasteiger partial charge in [0.2, 0.25) is 5.91 Å². The maximum absolute atomic E-state index is 12.1. The van der Waals surface area contributed by atoms with Crippen molar-refractivity contribution in [3.8, 4) is 0 Å². The highest BCUT2D eigenvalue weighted by atomic mass is 31.2. The average molecular weight is 810 g/mol. The first-order valence-electron chi connectivity index (χ1n) is 22.6. The van der Waals surface area contributed by atoms with E-state index in [1.807, 2.05) is 0 Å². The number of phosphoric acid groups is 1. The van der Waals surface area contributed by atoms with Crippen LogP contribution in [0, 0.1) is 0 Å². The Morgan fingerprint density at radius 3 is 1.46 bits per heavy atom. The van der Waals surface area contributed by atoms with Crippen LogP contribution in [0.4, 0.5) is 0 Å². The number of allylic oxidation sites excluding steroid dienone is 8. The molecule has 0 aromatic rings. The number of ether oxygens (including phenoxy) is 1. The van der Waals surface area contributed by atoms with E-state index in [4.69, 9.17) is 13.8 Å². The lowest BCUT2D eigenvalue weighted by Crippen LogP contribution is -2.27. The van der Waals surface area contributed by atoms with E-state index < -0.39 is 26.5 Å². The largest absolute Gasteiger partial charge is 0.472 e. The third-order valence-corrected chi connectivity index (χ3v) is 10.5. The first-order valence-corrected chi connectivity index (χ1v) is 24.1. The zero-order valence-corrected chi connectivity index (χ0v) is 36.7. The molecule has 0 heterocycles. The number of aliphatic hydroxyl groups excluding tert-OH is 1. The number of aliphatic hydroxyl groups is 1. The molecule has 0 radical (unpaired) electrons. The van der Waals surface area contributed by atoms with Crippen molar-refractivity contribution in [2.75, 3.05) is 26.4 Å². The SMILES string of the molecule is CCCCC/C=C\C/C=C\C/C=C\CCCCCCCCCCCCC(=O)NCCOP(=O)(O)OCC(O)COC(=O)CCCCCCC/C=C\CCCCC. The molecule has 1 amide bonds. The van der Waals surface area contributed by atoms with Crippen LogP contribution in [0.25, 0.3) is 0 Å². The van der Waals surface area contributed by atoms with Crippen molar-refractivity contribution in [3.05, 3.63) is 48.6 Å². The van der Waals surface area contributed by atoms with Gasteiger partial charge in [0.05, 0.1) is 13.2 Å². The van der Waals surface area contributed by atoms with Gasteiger partial charge in [0.15, 0.2) is 0 Å². The molecular formula is C46H84NO8P. The van der Waals surface area contributed by atoms with Gasteiger partial charge in [-0.25, -0.2) is 4.57 Å². The van der Waals surface area contributed by atoms with Gasteiger partial charge in [-0.15, -0.1) is 0 Å². The number of rotatable bonds is 42. The lowest BCUT2D eigenvalue weighted by Gasteiger charge is -2.15. The van der Waals surface area contributed by atoms with Gasteiger partial charge in [-0.2, -0.15) is 0 Å². The molecule has 326 valence electrons. The van der Waals surface area contributed by atoms with Gasteiger partial charge in [-0.3, -0.25) is 18.6 Å². The zero-order valence-electron chi connectivity index (χ0n) is 35.8. The highest BCUT2D eigenvalue weighted by Gasteiger charge is 2.23. The summed E-state index contributed by atoms with van der Waals surface area (Å²) in [7, 11) is -4.42. The molecule has 0 saturated heterocycles. The van der Waals surface area contributed by atoms with Gasteiger partial charge in [-0.05, 0) is 77.0 Å². The Morgan fingerprint density at radius 1 is 0.554 bits per heavy atom. The van der Waals surface area contributed by atoms with Crippen molar-refractivity contribution in [1.82, 2.24) is 5.32 Å². The molecular weight excluding hydrogens is 725 g/mol. The van der Waals surface area contributed by atoms with Gasteiger partial charge < -0.3 is 20.1 Å². The molecule has 0 aromatic heterocycles. The Bertz CT molecular complexity index is 1060. The maximum atomic E-state index is 12.1. The fraction of sp³-hybridized carbons (Fsp3) is 0.783. The molecule has 10 heteroatoms. The predicted molar refractivity (Wildman–Crippen MR) is 234 cm³/mol. The molecule has 56 heavy (non-hydrogen) atoms. The molecule has 0 aliphatic carbocycles. The third-order valence-electron chi connectivity index (χ3n) is 9.48. The summed E-state index contributed by atoms with van der Waals surface area (Å²) in [5.74, 6) is -0.530. The van der Waals surface area contributed by atoms with Gasteiger partial charge >= 0.3 is 13.8 Å². The van der Waals surface area contributed by atoms with Gasteiger partial charge in [0, 0.05) is 19.4 Å². The fourth-order valence-corrected chi connectivity index (χ4v) is 6.79. The summed E-state index contributed by atoms with van der Waals surface area (Å²) in [4.78, 5) is 33.9. The second kappa shape index (κ2) is 42.6. The molecule has 2 atom stereocenters. The Balaban J connectivity index is 3.58. The van der Waals surface area contributed by atoms with E-state index in [0.29, 0.717) is 6.42 Å². The van der Waals surface area contributed by atoms with E-state index in [1.165, 1.54) is 103 Å². The van der Waals surface area contributed by atoms with Crippen LogP contribution >= 0.6 is 7.82 Å². The number of hydrogen-bond acceptors (Lipinski definition) is 7. The van der Waals surface area contributed by atoms with Crippen LogP contribution in [0.2, 0.25) is 0 Å². The minimum absolute atomic E-state index is 0.0775. The molecule has 2 unspecified atom stereocenters. The summed E-state index contributed by atoms with van der Waals surface area (Å²) in [5, 5.41) is 12.7. The second-order valence-electron chi connectivity index (χ2n) is 15.0. The number of carbonyl (C=O) groups is 2. The van der Waals surface area contributed by atoms with E-state index in [2.05, 4.69) is 67.8 Å². The molecule has 0 aromatic carbocycles. The summed E-state index contributed by atoms with van der Waals surface area (Å²) in [6.07, 6.45) is 49.0. The monoisotopic (exact) mass is 810 g/mol. The van der Waals surface area contributed by atoms with Crippen molar-refractivity contribution in [2.24, 2.45) is 0 Å². The standard InChI is InChI=1S/C46H84NO8P/c1-3-5-7-9-11-13-15-17-18-19-20-21-22-23-24-25-26-27-28-30-32-34-36-38-45(49)47-40-41-54-56(51,52)55-43-44(48)42-53-46(50)39-37-35-33-31-29-16-14-12-10-8-6-4-2/h11-14,17-18,20-21,44,48H,3-10,15-16,19,22-43H2,1-2H3,(H,47,49)(H,51,52)/b13-11-,14-12-,18-17-,21-20-. The van der Waals surface area contributed by atoms with Crippen molar-refractivity contribution in [2.45, 2.75) is 206 Å². The molecule has 0 bridgehead atoms. The van der Waals surface area contributed by atoms with Crippen molar-refractivity contribution >= 4 is 19.7 Å². The summed E-state index contributed by atoms with van der Waals surface area (Å²) >= 11 is 0. The molecule has 0 fully saturated rings. The van der Waals surface area contributed by atoms with Gasteiger partial charge in [-0.1, -0.05) is 159 Å². The third kappa shape index (κ3) is 43.1. The predicted octanol–water partition coefficient (Wildman–Crippen LogP) is 12.7. The van der Waals surface area contributed by atoms with Crippen LogP contribution in [-0.2, 0) is 27.9 Å².